The van der Waals surface area contributed by atoms with Crippen LogP contribution in [-0.4, -0.2) is 60.0 Å². The molecule has 10 nitrogen and oxygen atoms in total. The van der Waals surface area contributed by atoms with Gasteiger partial charge in [0.05, 0.1) is 29.2 Å². The fourth-order valence-electron chi connectivity index (χ4n) is 4.15. The molecule has 4 rings (SSSR count). The van der Waals surface area contributed by atoms with E-state index in [2.05, 4.69) is 40.0 Å². The first-order chi connectivity index (χ1) is 19.0. The van der Waals surface area contributed by atoms with Crippen LogP contribution in [0.25, 0.3) is 22.6 Å². The minimum atomic E-state index is -1.29. The number of hydrogen-bond acceptors (Lipinski definition) is 8. The molecular formula is C27H37ClFN7O3Si. The first kappa shape index (κ1) is 29.8. The molecule has 2 aromatic heterocycles. The molecule has 1 fully saturated rings. The van der Waals surface area contributed by atoms with Gasteiger partial charge in [-0.05, 0) is 44.0 Å². The first-order valence-corrected chi connectivity index (χ1v) is 17.4. The number of benzene rings is 1. The van der Waals surface area contributed by atoms with E-state index in [1.165, 1.54) is 19.2 Å². The summed E-state index contributed by atoms with van der Waals surface area (Å²) in [4.78, 5) is 25.6. The summed E-state index contributed by atoms with van der Waals surface area (Å²) in [7, 11) is 0.0232. The highest BCUT2D eigenvalue weighted by molar-refractivity contribution is 6.76. The molecule has 3 aromatic rings. The molecule has 1 aliphatic rings. The number of nitrogens with two attached hydrogens (primary N) is 1. The third-order valence-electron chi connectivity index (χ3n) is 6.49. The van der Waals surface area contributed by atoms with Gasteiger partial charge in [0.15, 0.2) is 0 Å². The number of carbonyl (C=O) groups excluding carboxylic acids is 1. The summed E-state index contributed by atoms with van der Waals surface area (Å²) in [6.45, 7) is 10.0. The van der Waals surface area contributed by atoms with Crippen molar-refractivity contribution >= 4 is 37.4 Å². The largest absolute Gasteiger partial charge is 0.453 e. The molecule has 2 heterocycles. The maximum Gasteiger partial charge on any atom is 0.407 e. The lowest BCUT2D eigenvalue weighted by Gasteiger charge is -2.18. The molecule has 0 spiro atoms. The van der Waals surface area contributed by atoms with E-state index in [-0.39, 0.29) is 29.4 Å². The molecule has 0 radical (unpaired) electrons. The number of nitrogens with zero attached hydrogens (tertiary/aromatic N) is 4. The van der Waals surface area contributed by atoms with E-state index >= 15 is 0 Å². The normalized spacial score (nSPS) is 14.2. The Labute approximate surface area is 239 Å². The minimum absolute atomic E-state index is 0.133. The number of carbonyl (C=O) groups is 1. The summed E-state index contributed by atoms with van der Waals surface area (Å²) in [5.41, 5.74) is 8.25. The second-order valence-corrected chi connectivity index (χ2v) is 17.3. The Bertz CT molecular complexity index is 1360. The van der Waals surface area contributed by atoms with Crippen molar-refractivity contribution in [2.75, 3.05) is 31.3 Å². The Morgan fingerprint density at radius 3 is 2.73 bits per heavy atom. The van der Waals surface area contributed by atoms with E-state index in [0.29, 0.717) is 41.7 Å². The summed E-state index contributed by atoms with van der Waals surface area (Å²) in [6.07, 6.45) is 3.12. The van der Waals surface area contributed by atoms with Gasteiger partial charge in [-0.1, -0.05) is 31.2 Å². The number of amides is 1. The first-order valence-electron chi connectivity index (χ1n) is 13.3. The van der Waals surface area contributed by atoms with Gasteiger partial charge >= 0.3 is 6.09 Å². The lowest BCUT2D eigenvalue weighted by molar-refractivity contribution is 0.0861. The molecule has 1 aromatic carbocycles. The standard InChI is InChI=1S/C27H37ClFN7O3Si/c1-16(33-27(37)38-2)14-32-26-31-9-8-21(34-26)24-23(19-12-18(29)13-20(30)22(19)28)35-25(17-6-7-17)36(24)15-39-10-11-40(3,4)5/h8-9,12-13,16-17H,6-7,10-11,14-15,30H2,1-5H3,(H,33,37)(H,31,32,34). The summed E-state index contributed by atoms with van der Waals surface area (Å²) >= 11 is 6.60. The van der Waals surface area contributed by atoms with Crippen molar-refractivity contribution in [3.05, 3.63) is 41.1 Å². The average molecular weight is 590 g/mol. The number of nitrogen functional groups attached to an aromatic ring is 1. The van der Waals surface area contributed by atoms with Crippen molar-refractivity contribution in [3.63, 3.8) is 0 Å². The number of alkyl carbamates (subject to hydrolysis) is 1. The van der Waals surface area contributed by atoms with Crippen LogP contribution in [0.5, 0.6) is 0 Å². The van der Waals surface area contributed by atoms with Gasteiger partial charge in [0.1, 0.15) is 24.1 Å². The monoisotopic (exact) mass is 589 g/mol. The zero-order valence-corrected chi connectivity index (χ0v) is 25.3. The Morgan fingerprint density at radius 2 is 2.05 bits per heavy atom. The van der Waals surface area contributed by atoms with E-state index in [4.69, 9.17) is 32.0 Å². The van der Waals surface area contributed by atoms with E-state index < -0.39 is 20.0 Å². The number of anilines is 2. The zero-order chi connectivity index (χ0) is 29.0. The molecule has 0 saturated heterocycles. The lowest BCUT2D eigenvalue weighted by atomic mass is 10.1. The fourth-order valence-corrected chi connectivity index (χ4v) is 5.10. The maximum absolute atomic E-state index is 14.6. The Morgan fingerprint density at radius 1 is 1.30 bits per heavy atom. The predicted octanol–water partition coefficient (Wildman–Crippen LogP) is 5.73. The summed E-state index contributed by atoms with van der Waals surface area (Å²) in [6, 6.07) is 5.09. The molecule has 4 N–H and O–H groups in total. The number of ether oxygens (including phenoxy) is 2. The van der Waals surface area contributed by atoms with Crippen LogP contribution in [0.4, 0.5) is 20.8 Å². The van der Waals surface area contributed by atoms with Crippen LogP contribution in [0.3, 0.4) is 0 Å². The summed E-state index contributed by atoms with van der Waals surface area (Å²) in [5, 5.41) is 6.07. The molecule has 1 aliphatic carbocycles. The van der Waals surface area contributed by atoms with Gasteiger partial charge in [0.25, 0.3) is 0 Å². The van der Waals surface area contributed by atoms with Gasteiger partial charge < -0.3 is 30.4 Å². The number of halogens is 2. The topological polar surface area (TPSA) is 129 Å². The third-order valence-corrected chi connectivity index (χ3v) is 8.62. The van der Waals surface area contributed by atoms with Crippen LogP contribution in [0.1, 0.15) is 31.5 Å². The minimum Gasteiger partial charge on any atom is -0.453 e. The van der Waals surface area contributed by atoms with Gasteiger partial charge in [-0.25, -0.2) is 24.1 Å². The second kappa shape index (κ2) is 12.5. The molecule has 1 amide bonds. The van der Waals surface area contributed by atoms with E-state index in [0.717, 1.165) is 24.7 Å². The van der Waals surface area contributed by atoms with E-state index in [9.17, 15) is 9.18 Å². The molecule has 40 heavy (non-hydrogen) atoms. The van der Waals surface area contributed by atoms with Gasteiger partial charge in [-0.15, -0.1) is 0 Å². The van der Waals surface area contributed by atoms with Crippen LogP contribution in [0, 0.1) is 5.82 Å². The Balaban J connectivity index is 1.75. The van der Waals surface area contributed by atoms with Crippen LogP contribution in [0.2, 0.25) is 30.7 Å². The molecule has 0 bridgehead atoms. The summed E-state index contributed by atoms with van der Waals surface area (Å²) < 4.78 is 27.4. The maximum atomic E-state index is 14.6. The van der Waals surface area contributed by atoms with Crippen LogP contribution < -0.4 is 16.4 Å². The molecule has 1 unspecified atom stereocenters. The van der Waals surface area contributed by atoms with Crippen molar-refractivity contribution in [1.29, 1.82) is 0 Å². The zero-order valence-electron chi connectivity index (χ0n) is 23.6. The van der Waals surface area contributed by atoms with Crippen molar-refractivity contribution in [2.24, 2.45) is 0 Å². The van der Waals surface area contributed by atoms with E-state index in [1.807, 2.05) is 11.5 Å². The number of aromatic nitrogens is 4. The van der Waals surface area contributed by atoms with E-state index in [1.54, 1.807) is 12.3 Å². The molecule has 13 heteroatoms. The summed E-state index contributed by atoms with van der Waals surface area (Å²) in [5.74, 6) is 0.962. The van der Waals surface area contributed by atoms with Gasteiger partial charge in [-0.3, -0.25) is 0 Å². The van der Waals surface area contributed by atoms with Crippen LogP contribution >= 0.6 is 11.6 Å². The molecule has 1 saturated carbocycles. The quantitative estimate of drug-likeness (QED) is 0.139. The highest BCUT2D eigenvalue weighted by atomic mass is 35.5. The fraction of sp³-hybridized carbons (Fsp3) is 0.481. The Kier molecular flexibility index (Phi) is 9.32. The number of imidazole rings is 1. The smallest absolute Gasteiger partial charge is 0.407 e. The molecular weight excluding hydrogens is 553 g/mol. The van der Waals surface area contributed by atoms with Crippen LogP contribution in [-0.2, 0) is 16.2 Å². The third kappa shape index (κ3) is 7.49. The number of hydrogen-bond donors (Lipinski definition) is 3. The van der Waals surface area contributed by atoms with Crippen molar-refractivity contribution < 1.29 is 18.7 Å². The van der Waals surface area contributed by atoms with Gasteiger partial charge in [-0.2, -0.15) is 0 Å². The van der Waals surface area contributed by atoms with Gasteiger partial charge in [0, 0.05) is 44.9 Å². The molecule has 216 valence electrons. The number of methoxy groups -OCH3 is 1. The highest BCUT2D eigenvalue weighted by Crippen LogP contribution is 2.45. The SMILES string of the molecule is COC(=O)NC(C)CNc1nccc(-c2c(-c3cc(F)cc(N)c3Cl)nc(C3CC3)n2COCC[Si](C)(C)C)n1. The molecule has 1 atom stereocenters. The van der Waals surface area contributed by atoms with Crippen molar-refractivity contribution in [3.8, 4) is 22.6 Å². The lowest BCUT2D eigenvalue weighted by Crippen LogP contribution is -2.37. The number of rotatable bonds is 12. The predicted molar refractivity (Wildman–Crippen MR) is 158 cm³/mol. The van der Waals surface area contributed by atoms with Crippen molar-refractivity contribution in [2.45, 2.75) is 64.1 Å². The average Bonchev–Trinajstić information content (AvgIpc) is 3.67. The van der Waals surface area contributed by atoms with Crippen molar-refractivity contribution in [1.82, 2.24) is 24.8 Å². The Hall–Kier alpha value is -3.22. The number of nitrogens with one attached hydrogen (secondary N) is 2. The second-order valence-electron chi connectivity index (χ2n) is 11.3. The van der Waals surface area contributed by atoms with Crippen LogP contribution in [0.15, 0.2) is 24.4 Å². The van der Waals surface area contributed by atoms with Gasteiger partial charge in [0.2, 0.25) is 5.95 Å². The molecule has 0 aliphatic heterocycles. The highest BCUT2D eigenvalue weighted by Gasteiger charge is 2.33.